The van der Waals surface area contributed by atoms with E-state index in [4.69, 9.17) is 5.11 Å². The average Bonchev–Trinajstić information content (AvgIpc) is 3.25. The van der Waals surface area contributed by atoms with Gasteiger partial charge in [0.2, 0.25) is 0 Å². The molecule has 2 amide bonds. The van der Waals surface area contributed by atoms with Gasteiger partial charge in [0.25, 0.3) is 0 Å². The standard InChI is InChI=1S/C16H22N2O3/c1-3-4-9-18(13-7-8-13)16(21)17-12-6-5-11(2)14(10-12)15(19)20/h5-6,10,13H,3-4,7-9H2,1-2H3,(H,17,21)(H,19,20). The van der Waals surface area contributed by atoms with Crippen LogP contribution in [0.15, 0.2) is 18.2 Å². The molecule has 21 heavy (non-hydrogen) atoms. The number of aromatic carboxylic acids is 1. The predicted octanol–water partition coefficient (Wildman–Crippen LogP) is 3.49. The van der Waals surface area contributed by atoms with E-state index >= 15 is 0 Å². The molecule has 1 aromatic rings. The van der Waals surface area contributed by atoms with Crippen molar-refractivity contribution in [2.24, 2.45) is 0 Å². The second kappa shape index (κ2) is 6.61. The number of carbonyl (C=O) groups excluding carboxylic acids is 1. The molecule has 0 aromatic heterocycles. The fraction of sp³-hybridized carbons (Fsp3) is 0.500. The van der Waals surface area contributed by atoms with Gasteiger partial charge in [-0.2, -0.15) is 0 Å². The van der Waals surface area contributed by atoms with Crippen LogP contribution in [0.1, 0.15) is 48.5 Å². The third-order valence-electron chi connectivity index (χ3n) is 3.72. The van der Waals surface area contributed by atoms with Gasteiger partial charge in [-0.15, -0.1) is 0 Å². The number of carboxylic acid groups (broad SMARTS) is 1. The lowest BCUT2D eigenvalue weighted by molar-refractivity contribution is 0.0696. The molecule has 0 atom stereocenters. The van der Waals surface area contributed by atoms with E-state index in [1.165, 1.54) is 6.07 Å². The van der Waals surface area contributed by atoms with Gasteiger partial charge in [0.15, 0.2) is 0 Å². The first-order valence-corrected chi connectivity index (χ1v) is 7.44. The summed E-state index contributed by atoms with van der Waals surface area (Å²) >= 11 is 0. The monoisotopic (exact) mass is 290 g/mol. The van der Waals surface area contributed by atoms with Crippen LogP contribution in [0.3, 0.4) is 0 Å². The SMILES string of the molecule is CCCCN(C(=O)Nc1ccc(C)c(C(=O)O)c1)C1CC1. The van der Waals surface area contributed by atoms with Crippen molar-refractivity contribution in [1.29, 1.82) is 0 Å². The molecule has 1 aromatic carbocycles. The molecule has 1 aliphatic rings. The molecule has 1 aliphatic carbocycles. The van der Waals surface area contributed by atoms with Crippen LogP contribution < -0.4 is 5.32 Å². The zero-order chi connectivity index (χ0) is 15.4. The second-order valence-corrected chi connectivity index (χ2v) is 5.54. The molecule has 0 heterocycles. The summed E-state index contributed by atoms with van der Waals surface area (Å²) in [6, 6.07) is 5.18. The Morgan fingerprint density at radius 2 is 2.10 bits per heavy atom. The summed E-state index contributed by atoms with van der Waals surface area (Å²) in [6.07, 6.45) is 4.15. The highest BCUT2D eigenvalue weighted by atomic mass is 16.4. The third kappa shape index (κ3) is 3.97. The number of hydrogen-bond donors (Lipinski definition) is 2. The van der Waals surface area contributed by atoms with Crippen molar-refractivity contribution in [2.45, 2.75) is 45.6 Å². The number of rotatable bonds is 6. The van der Waals surface area contributed by atoms with Crippen molar-refractivity contribution >= 4 is 17.7 Å². The van der Waals surface area contributed by atoms with E-state index in [9.17, 15) is 9.59 Å². The minimum absolute atomic E-state index is 0.133. The van der Waals surface area contributed by atoms with Gasteiger partial charge >= 0.3 is 12.0 Å². The van der Waals surface area contributed by atoms with Gasteiger partial charge < -0.3 is 15.3 Å². The minimum Gasteiger partial charge on any atom is -0.478 e. The molecule has 5 nitrogen and oxygen atoms in total. The van der Waals surface area contributed by atoms with Crippen LogP contribution in [0.4, 0.5) is 10.5 Å². The highest BCUT2D eigenvalue weighted by Gasteiger charge is 2.32. The lowest BCUT2D eigenvalue weighted by Crippen LogP contribution is -2.37. The molecule has 0 unspecified atom stereocenters. The Balaban J connectivity index is 2.07. The molecule has 2 N–H and O–H groups in total. The average molecular weight is 290 g/mol. The van der Waals surface area contributed by atoms with Crippen molar-refractivity contribution in [3.63, 3.8) is 0 Å². The first-order valence-electron chi connectivity index (χ1n) is 7.44. The van der Waals surface area contributed by atoms with Gasteiger partial charge in [-0.3, -0.25) is 0 Å². The van der Waals surface area contributed by atoms with E-state index in [2.05, 4.69) is 12.2 Å². The maximum Gasteiger partial charge on any atom is 0.336 e. The maximum atomic E-state index is 12.3. The van der Waals surface area contributed by atoms with Crippen LogP contribution in [0, 0.1) is 6.92 Å². The zero-order valence-electron chi connectivity index (χ0n) is 12.6. The van der Waals surface area contributed by atoms with Gasteiger partial charge in [0.05, 0.1) is 5.56 Å². The Kier molecular flexibility index (Phi) is 4.83. The number of carboxylic acids is 1. The van der Waals surface area contributed by atoms with Gasteiger partial charge in [0.1, 0.15) is 0 Å². The molecule has 5 heteroatoms. The van der Waals surface area contributed by atoms with Gasteiger partial charge in [-0.1, -0.05) is 19.4 Å². The van der Waals surface area contributed by atoms with Crippen LogP contribution in [-0.2, 0) is 0 Å². The molecule has 2 rings (SSSR count). The smallest absolute Gasteiger partial charge is 0.336 e. The molecule has 1 saturated carbocycles. The lowest BCUT2D eigenvalue weighted by Gasteiger charge is -2.22. The van der Waals surface area contributed by atoms with Crippen LogP contribution in [0.2, 0.25) is 0 Å². The zero-order valence-corrected chi connectivity index (χ0v) is 12.6. The maximum absolute atomic E-state index is 12.3. The Hall–Kier alpha value is -2.04. The highest BCUT2D eigenvalue weighted by molar-refractivity contribution is 5.94. The summed E-state index contributed by atoms with van der Waals surface area (Å²) in [5.74, 6) is -0.978. The summed E-state index contributed by atoms with van der Waals surface area (Å²) in [5, 5.41) is 11.9. The number of unbranched alkanes of at least 4 members (excludes halogenated alkanes) is 1. The second-order valence-electron chi connectivity index (χ2n) is 5.54. The van der Waals surface area contributed by atoms with Crippen LogP contribution in [0.25, 0.3) is 0 Å². The molecule has 0 bridgehead atoms. The van der Waals surface area contributed by atoms with Crippen molar-refractivity contribution in [3.8, 4) is 0 Å². The molecule has 0 spiro atoms. The van der Waals surface area contributed by atoms with E-state index in [-0.39, 0.29) is 11.6 Å². The molecule has 1 fully saturated rings. The highest BCUT2D eigenvalue weighted by Crippen LogP contribution is 2.28. The van der Waals surface area contributed by atoms with Crippen molar-refractivity contribution in [2.75, 3.05) is 11.9 Å². The van der Waals surface area contributed by atoms with E-state index in [0.717, 1.165) is 32.2 Å². The third-order valence-corrected chi connectivity index (χ3v) is 3.72. The van der Waals surface area contributed by atoms with Crippen LogP contribution in [-0.4, -0.2) is 34.6 Å². The summed E-state index contributed by atoms with van der Waals surface area (Å²) in [7, 11) is 0. The molecule has 0 saturated heterocycles. The van der Waals surface area contributed by atoms with Crippen LogP contribution >= 0.6 is 0 Å². The molecular weight excluding hydrogens is 268 g/mol. The van der Waals surface area contributed by atoms with Gasteiger partial charge in [0, 0.05) is 18.3 Å². The van der Waals surface area contributed by atoms with Gasteiger partial charge in [-0.25, -0.2) is 9.59 Å². The Bertz CT molecular complexity index is 538. The molecule has 0 radical (unpaired) electrons. The number of carbonyl (C=O) groups is 2. The first kappa shape index (κ1) is 15.4. The topological polar surface area (TPSA) is 69.6 Å². The number of hydrogen-bond acceptors (Lipinski definition) is 2. The lowest BCUT2D eigenvalue weighted by atomic mass is 10.1. The van der Waals surface area contributed by atoms with Crippen LogP contribution in [0.5, 0.6) is 0 Å². The Morgan fingerprint density at radius 1 is 1.38 bits per heavy atom. The normalized spacial score (nSPS) is 13.8. The number of benzene rings is 1. The first-order chi connectivity index (χ1) is 10.0. The van der Waals surface area contributed by atoms with E-state index in [1.54, 1.807) is 19.1 Å². The number of urea groups is 1. The van der Waals surface area contributed by atoms with E-state index < -0.39 is 5.97 Å². The quantitative estimate of drug-likeness (QED) is 0.842. The number of nitrogens with zero attached hydrogens (tertiary/aromatic N) is 1. The number of amides is 2. The van der Waals surface area contributed by atoms with Crippen molar-refractivity contribution in [3.05, 3.63) is 29.3 Å². The molecule has 0 aliphatic heterocycles. The largest absolute Gasteiger partial charge is 0.478 e. The number of aryl methyl sites for hydroxylation is 1. The fourth-order valence-corrected chi connectivity index (χ4v) is 2.29. The van der Waals surface area contributed by atoms with Gasteiger partial charge in [-0.05, 0) is 43.9 Å². The Morgan fingerprint density at radius 3 is 2.67 bits per heavy atom. The summed E-state index contributed by atoms with van der Waals surface area (Å²) in [6.45, 7) is 4.60. The Labute approximate surface area is 125 Å². The summed E-state index contributed by atoms with van der Waals surface area (Å²) in [4.78, 5) is 25.3. The number of nitrogens with one attached hydrogen (secondary N) is 1. The number of anilines is 1. The molecular formula is C16H22N2O3. The van der Waals surface area contributed by atoms with E-state index in [1.807, 2.05) is 4.90 Å². The minimum atomic E-state index is -0.978. The van der Waals surface area contributed by atoms with Crippen molar-refractivity contribution in [1.82, 2.24) is 4.90 Å². The van der Waals surface area contributed by atoms with Crippen molar-refractivity contribution < 1.29 is 14.7 Å². The fourth-order valence-electron chi connectivity index (χ4n) is 2.29. The summed E-state index contributed by atoms with van der Waals surface area (Å²) in [5.41, 5.74) is 1.44. The predicted molar refractivity (Wildman–Crippen MR) is 81.8 cm³/mol. The molecule has 114 valence electrons. The summed E-state index contributed by atoms with van der Waals surface area (Å²) < 4.78 is 0. The van der Waals surface area contributed by atoms with E-state index in [0.29, 0.717) is 17.3 Å².